The molecule has 0 aromatic carbocycles. The summed E-state index contributed by atoms with van der Waals surface area (Å²) in [5.74, 6) is 2.77. The van der Waals surface area contributed by atoms with Crippen molar-refractivity contribution in [3.8, 4) is 5.75 Å². The van der Waals surface area contributed by atoms with Gasteiger partial charge in [-0.25, -0.2) is 0 Å². The van der Waals surface area contributed by atoms with Crippen molar-refractivity contribution >= 4 is 0 Å². The number of aromatic nitrogens is 2. The Hall–Kier alpha value is -1.03. The molecule has 0 aliphatic heterocycles. The molecule has 0 spiro atoms. The van der Waals surface area contributed by atoms with Gasteiger partial charge >= 0.3 is 0 Å². The smallest absolute Gasteiger partial charge is 0.160 e. The van der Waals surface area contributed by atoms with E-state index in [-0.39, 0.29) is 0 Å². The SMILES string of the molecule is CCCn1ncc(OC)c1C1CC(C)CCC1CN. The minimum atomic E-state index is 0.498. The first-order chi connectivity index (χ1) is 9.21. The van der Waals surface area contributed by atoms with Crippen molar-refractivity contribution in [3.05, 3.63) is 11.9 Å². The predicted molar refractivity (Wildman–Crippen MR) is 77.4 cm³/mol. The van der Waals surface area contributed by atoms with E-state index in [1.165, 1.54) is 25.0 Å². The molecular formula is C15H27N3O. The lowest BCUT2D eigenvalue weighted by atomic mass is 9.73. The number of ether oxygens (including phenoxy) is 1. The highest BCUT2D eigenvalue weighted by atomic mass is 16.5. The second-order valence-electron chi connectivity index (χ2n) is 5.84. The fourth-order valence-corrected chi connectivity index (χ4v) is 3.36. The number of nitrogens with zero attached hydrogens (tertiary/aromatic N) is 2. The van der Waals surface area contributed by atoms with Crippen molar-refractivity contribution in [1.29, 1.82) is 0 Å². The molecule has 1 aromatic heterocycles. The summed E-state index contributed by atoms with van der Waals surface area (Å²) in [7, 11) is 1.74. The molecule has 2 N–H and O–H groups in total. The van der Waals surface area contributed by atoms with Gasteiger partial charge in [0, 0.05) is 12.5 Å². The lowest BCUT2D eigenvalue weighted by molar-refractivity contribution is 0.238. The van der Waals surface area contributed by atoms with Gasteiger partial charge in [0.1, 0.15) is 0 Å². The Kier molecular flexibility index (Phi) is 4.86. The third-order valence-corrected chi connectivity index (χ3v) is 4.41. The van der Waals surface area contributed by atoms with Gasteiger partial charge in [0.25, 0.3) is 0 Å². The van der Waals surface area contributed by atoms with Crippen LogP contribution in [0.1, 0.15) is 51.1 Å². The maximum atomic E-state index is 5.99. The van der Waals surface area contributed by atoms with Crippen molar-refractivity contribution in [2.45, 2.75) is 52.0 Å². The number of nitrogens with two attached hydrogens (primary N) is 1. The molecule has 19 heavy (non-hydrogen) atoms. The van der Waals surface area contributed by atoms with E-state index in [0.717, 1.165) is 31.2 Å². The average molecular weight is 265 g/mol. The Labute approximate surface area is 116 Å². The zero-order valence-electron chi connectivity index (χ0n) is 12.4. The van der Waals surface area contributed by atoms with E-state index < -0.39 is 0 Å². The van der Waals surface area contributed by atoms with Gasteiger partial charge in [0.15, 0.2) is 5.75 Å². The van der Waals surface area contributed by atoms with E-state index >= 15 is 0 Å². The Balaban J connectivity index is 2.33. The van der Waals surface area contributed by atoms with Gasteiger partial charge in [0.05, 0.1) is 19.0 Å². The molecule has 1 heterocycles. The molecule has 0 saturated heterocycles. The Morgan fingerprint density at radius 2 is 2.26 bits per heavy atom. The minimum Gasteiger partial charge on any atom is -0.493 e. The Bertz CT molecular complexity index is 402. The van der Waals surface area contributed by atoms with Crippen molar-refractivity contribution in [1.82, 2.24) is 9.78 Å². The lowest BCUT2D eigenvalue weighted by Gasteiger charge is -2.34. The van der Waals surface area contributed by atoms with Gasteiger partial charge in [-0.05, 0) is 37.6 Å². The van der Waals surface area contributed by atoms with E-state index in [0.29, 0.717) is 11.8 Å². The van der Waals surface area contributed by atoms with Crippen LogP contribution in [-0.2, 0) is 6.54 Å². The fraction of sp³-hybridized carbons (Fsp3) is 0.800. The van der Waals surface area contributed by atoms with Crippen molar-refractivity contribution in [2.75, 3.05) is 13.7 Å². The van der Waals surface area contributed by atoms with Crippen LogP contribution in [0.15, 0.2) is 6.20 Å². The first-order valence-corrected chi connectivity index (χ1v) is 7.51. The molecule has 1 aromatic rings. The molecule has 1 fully saturated rings. The van der Waals surface area contributed by atoms with Gasteiger partial charge in [-0.15, -0.1) is 0 Å². The highest BCUT2D eigenvalue weighted by Crippen LogP contribution is 2.43. The second kappa shape index (κ2) is 6.42. The molecule has 108 valence electrons. The lowest BCUT2D eigenvalue weighted by Crippen LogP contribution is -2.30. The van der Waals surface area contributed by atoms with E-state index in [1.807, 2.05) is 6.20 Å². The molecule has 0 radical (unpaired) electrons. The zero-order valence-corrected chi connectivity index (χ0v) is 12.4. The highest BCUT2D eigenvalue weighted by Gasteiger charge is 2.33. The fourth-order valence-electron chi connectivity index (χ4n) is 3.36. The normalized spacial score (nSPS) is 27.5. The zero-order chi connectivity index (χ0) is 13.8. The highest BCUT2D eigenvalue weighted by molar-refractivity contribution is 5.30. The number of methoxy groups -OCH3 is 1. The van der Waals surface area contributed by atoms with Crippen LogP contribution < -0.4 is 10.5 Å². The van der Waals surface area contributed by atoms with Gasteiger partial charge in [-0.2, -0.15) is 5.10 Å². The average Bonchev–Trinajstić information content (AvgIpc) is 2.82. The second-order valence-corrected chi connectivity index (χ2v) is 5.84. The molecule has 0 bridgehead atoms. The van der Waals surface area contributed by atoms with Crippen molar-refractivity contribution < 1.29 is 4.74 Å². The third-order valence-electron chi connectivity index (χ3n) is 4.41. The minimum absolute atomic E-state index is 0.498. The largest absolute Gasteiger partial charge is 0.493 e. The quantitative estimate of drug-likeness (QED) is 0.890. The van der Waals surface area contributed by atoms with E-state index in [1.54, 1.807) is 7.11 Å². The van der Waals surface area contributed by atoms with Crippen molar-refractivity contribution in [3.63, 3.8) is 0 Å². The molecule has 1 aliphatic rings. The standard InChI is InChI=1S/C15H27N3O/c1-4-7-18-15(14(19-3)10-17-18)13-8-11(2)5-6-12(13)9-16/h10-13H,4-9,16H2,1-3H3. The third kappa shape index (κ3) is 2.94. The van der Waals surface area contributed by atoms with Crippen LogP contribution in [0, 0.1) is 11.8 Å². The summed E-state index contributed by atoms with van der Waals surface area (Å²) in [6.07, 6.45) is 6.67. The summed E-state index contributed by atoms with van der Waals surface area (Å²) in [5, 5.41) is 4.50. The summed E-state index contributed by atoms with van der Waals surface area (Å²) in [6, 6.07) is 0. The summed E-state index contributed by atoms with van der Waals surface area (Å²) < 4.78 is 7.66. The summed E-state index contributed by atoms with van der Waals surface area (Å²) in [4.78, 5) is 0. The Morgan fingerprint density at radius 3 is 2.89 bits per heavy atom. The van der Waals surface area contributed by atoms with E-state index in [4.69, 9.17) is 10.5 Å². The van der Waals surface area contributed by atoms with Gasteiger partial charge in [0.2, 0.25) is 0 Å². The van der Waals surface area contributed by atoms with E-state index in [2.05, 4.69) is 23.6 Å². The van der Waals surface area contributed by atoms with Crippen LogP contribution in [0.3, 0.4) is 0 Å². The molecule has 4 nitrogen and oxygen atoms in total. The maximum Gasteiger partial charge on any atom is 0.160 e. The number of hydrogen-bond donors (Lipinski definition) is 1. The van der Waals surface area contributed by atoms with Gasteiger partial charge in [-0.1, -0.05) is 20.3 Å². The summed E-state index contributed by atoms with van der Waals surface area (Å²) in [5.41, 5.74) is 7.26. The summed E-state index contributed by atoms with van der Waals surface area (Å²) in [6.45, 7) is 6.24. The molecule has 3 atom stereocenters. The first kappa shape index (κ1) is 14.4. The summed E-state index contributed by atoms with van der Waals surface area (Å²) >= 11 is 0. The van der Waals surface area contributed by atoms with Crippen LogP contribution in [0.5, 0.6) is 5.75 Å². The van der Waals surface area contributed by atoms with Gasteiger partial charge in [-0.3, -0.25) is 4.68 Å². The number of aryl methyl sites for hydroxylation is 1. The molecule has 2 rings (SSSR count). The molecule has 1 aliphatic carbocycles. The van der Waals surface area contributed by atoms with Crippen LogP contribution in [-0.4, -0.2) is 23.4 Å². The van der Waals surface area contributed by atoms with E-state index in [9.17, 15) is 0 Å². The molecule has 4 heteroatoms. The molecular weight excluding hydrogens is 238 g/mol. The number of hydrogen-bond acceptors (Lipinski definition) is 3. The Morgan fingerprint density at radius 1 is 1.47 bits per heavy atom. The molecule has 1 saturated carbocycles. The van der Waals surface area contributed by atoms with Crippen molar-refractivity contribution in [2.24, 2.45) is 17.6 Å². The predicted octanol–water partition coefficient (Wildman–Crippen LogP) is 2.78. The maximum absolute atomic E-state index is 5.99. The van der Waals surface area contributed by atoms with Crippen LogP contribution in [0.2, 0.25) is 0 Å². The van der Waals surface area contributed by atoms with Crippen LogP contribution in [0.25, 0.3) is 0 Å². The monoisotopic (exact) mass is 265 g/mol. The molecule has 3 unspecified atom stereocenters. The first-order valence-electron chi connectivity index (χ1n) is 7.51. The van der Waals surface area contributed by atoms with Crippen LogP contribution >= 0.6 is 0 Å². The number of rotatable bonds is 5. The van der Waals surface area contributed by atoms with Crippen LogP contribution in [0.4, 0.5) is 0 Å². The topological polar surface area (TPSA) is 53.1 Å². The van der Waals surface area contributed by atoms with Gasteiger partial charge < -0.3 is 10.5 Å². The molecule has 0 amide bonds.